The number of nitrogens with zero attached hydrogens (tertiary/aromatic N) is 4. The number of nitrogens with one attached hydrogen (secondary N) is 1. The van der Waals surface area contributed by atoms with Crippen molar-refractivity contribution in [2.24, 2.45) is 0 Å². The maximum absolute atomic E-state index is 4.41. The Bertz CT molecular complexity index is 685. The molecule has 3 heterocycles. The summed E-state index contributed by atoms with van der Waals surface area (Å²) in [4.78, 5) is 9.92. The zero-order valence-corrected chi connectivity index (χ0v) is 11.0. The maximum atomic E-state index is 4.41. The molecule has 18 heavy (non-hydrogen) atoms. The first-order valence-electron chi connectivity index (χ1n) is 5.70. The summed E-state index contributed by atoms with van der Waals surface area (Å²) in [5.41, 5.74) is 1.92. The first-order chi connectivity index (χ1) is 8.72. The number of anilines is 1. The lowest BCUT2D eigenvalue weighted by Crippen LogP contribution is -2.01. The first kappa shape index (κ1) is 11.2. The number of pyridine rings is 1. The smallest absolute Gasteiger partial charge is 0.243 e. The van der Waals surface area contributed by atoms with E-state index in [0.717, 1.165) is 16.3 Å². The fourth-order valence-corrected chi connectivity index (χ4v) is 2.48. The second-order valence-corrected chi connectivity index (χ2v) is 5.41. The van der Waals surface area contributed by atoms with Crippen LogP contribution in [0.5, 0.6) is 0 Å². The van der Waals surface area contributed by atoms with Gasteiger partial charge in [-0.25, -0.2) is 9.50 Å². The molecular formula is C12H13N5S. The van der Waals surface area contributed by atoms with Gasteiger partial charge in [-0.3, -0.25) is 0 Å². The summed E-state index contributed by atoms with van der Waals surface area (Å²) in [5, 5.41) is 8.65. The largest absolute Gasteiger partial charge is 0.346 e. The van der Waals surface area contributed by atoms with E-state index in [1.807, 2.05) is 42.8 Å². The minimum atomic E-state index is 0.636. The summed E-state index contributed by atoms with van der Waals surface area (Å²) in [6.07, 6.45) is 1.88. The Morgan fingerprint density at radius 1 is 1.33 bits per heavy atom. The number of rotatable bonds is 3. The van der Waals surface area contributed by atoms with Crippen molar-refractivity contribution in [1.82, 2.24) is 19.6 Å². The molecule has 0 radical (unpaired) electrons. The molecule has 0 atom stereocenters. The monoisotopic (exact) mass is 259 g/mol. The van der Waals surface area contributed by atoms with Crippen molar-refractivity contribution in [1.29, 1.82) is 0 Å². The SMILES string of the molecule is Cc1cnc(CNc2nc3cccc(C)n3n2)s1. The normalized spacial score (nSPS) is 11.0. The Hall–Kier alpha value is -1.95. The number of aromatic nitrogens is 4. The molecule has 3 aromatic rings. The van der Waals surface area contributed by atoms with Crippen LogP contribution in [0.15, 0.2) is 24.4 Å². The first-order valence-corrected chi connectivity index (χ1v) is 6.51. The van der Waals surface area contributed by atoms with E-state index in [4.69, 9.17) is 0 Å². The van der Waals surface area contributed by atoms with Crippen molar-refractivity contribution in [3.8, 4) is 0 Å². The molecule has 0 amide bonds. The van der Waals surface area contributed by atoms with Crippen LogP contribution in [0.4, 0.5) is 5.95 Å². The van der Waals surface area contributed by atoms with Gasteiger partial charge < -0.3 is 5.32 Å². The number of aryl methyl sites for hydroxylation is 2. The average molecular weight is 259 g/mol. The Morgan fingerprint density at radius 3 is 2.94 bits per heavy atom. The molecule has 6 heteroatoms. The van der Waals surface area contributed by atoms with Gasteiger partial charge in [-0.1, -0.05) is 6.07 Å². The molecule has 0 spiro atoms. The van der Waals surface area contributed by atoms with Crippen LogP contribution in [0.25, 0.3) is 5.65 Å². The predicted octanol–water partition coefficient (Wildman–Crippen LogP) is 2.41. The topological polar surface area (TPSA) is 55.1 Å². The van der Waals surface area contributed by atoms with Crippen LogP contribution in [0.2, 0.25) is 0 Å². The fourth-order valence-electron chi connectivity index (χ4n) is 1.75. The van der Waals surface area contributed by atoms with E-state index < -0.39 is 0 Å². The predicted molar refractivity (Wildman–Crippen MR) is 71.9 cm³/mol. The average Bonchev–Trinajstić information content (AvgIpc) is 2.93. The highest BCUT2D eigenvalue weighted by atomic mass is 32.1. The Kier molecular flexibility index (Phi) is 2.71. The summed E-state index contributed by atoms with van der Waals surface area (Å²) in [6.45, 7) is 4.72. The zero-order chi connectivity index (χ0) is 12.5. The fraction of sp³-hybridized carbons (Fsp3) is 0.250. The third-order valence-electron chi connectivity index (χ3n) is 2.62. The van der Waals surface area contributed by atoms with E-state index in [1.54, 1.807) is 11.3 Å². The summed E-state index contributed by atoms with van der Waals surface area (Å²) < 4.78 is 1.83. The van der Waals surface area contributed by atoms with Crippen molar-refractivity contribution < 1.29 is 0 Å². The van der Waals surface area contributed by atoms with Gasteiger partial charge in [-0.05, 0) is 26.0 Å². The third-order valence-corrected chi connectivity index (χ3v) is 3.53. The van der Waals surface area contributed by atoms with Crippen molar-refractivity contribution in [3.63, 3.8) is 0 Å². The van der Waals surface area contributed by atoms with Gasteiger partial charge in [0.1, 0.15) is 5.01 Å². The highest BCUT2D eigenvalue weighted by molar-refractivity contribution is 7.11. The van der Waals surface area contributed by atoms with Gasteiger partial charge in [0.05, 0.1) is 6.54 Å². The molecule has 0 saturated carbocycles. The van der Waals surface area contributed by atoms with E-state index in [-0.39, 0.29) is 0 Å². The highest BCUT2D eigenvalue weighted by Gasteiger charge is 2.05. The molecule has 92 valence electrons. The quantitative estimate of drug-likeness (QED) is 0.784. The van der Waals surface area contributed by atoms with E-state index in [9.17, 15) is 0 Å². The molecule has 3 aromatic heterocycles. The van der Waals surface area contributed by atoms with Crippen LogP contribution >= 0.6 is 11.3 Å². The van der Waals surface area contributed by atoms with E-state index in [2.05, 4.69) is 20.4 Å². The number of fused-ring (bicyclic) bond motifs is 1. The van der Waals surface area contributed by atoms with Gasteiger partial charge in [0.25, 0.3) is 0 Å². The molecule has 1 N–H and O–H groups in total. The molecule has 0 saturated heterocycles. The van der Waals surface area contributed by atoms with Crippen LogP contribution < -0.4 is 5.32 Å². The molecule has 0 aliphatic carbocycles. The van der Waals surface area contributed by atoms with E-state index in [0.29, 0.717) is 12.5 Å². The molecule has 3 rings (SSSR count). The molecule has 5 nitrogen and oxygen atoms in total. The minimum absolute atomic E-state index is 0.636. The maximum Gasteiger partial charge on any atom is 0.243 e. The van der Waals surface area contributed by atoms with Crippen molar-refractivity contribution >= 4 is 22.9 Å². The molecule has 0 aliphatic heterocycles. The van der Waals surface area contributed by atoms with Gasteiger partial charge >= 0.3 is 0 Å². The molecule has 0 aromatic carbocycles. The molecule has 0 aliphatic rings. The standard InChI is InChI=1S/C12H13N5S/c1-8-4-3-5-10-15-12(16-17(8)10)14-7-11-13-6-9(2)18-11/h3-6H,7H2,1-2H3,(H,14,16). The molecule has 0 bridgehead atoms. The molecule has 0 fully saturated rings. The second-order valence-electron chi connectivity index (χ2n) is 4.09. The van der Waals surface area contributed by atoms with E-state index in [1.165, 1.54) is 4.88 Å². The minimum Gasteiger partial charge on any atom is -0.346 e. The van der Waals surface area contributed by atoms with Crippen molar-refractivity contribution in [2.45, 2.75) is 20.4 Å². The Labute approximate surface area is 109 Å². The van der Waals surface area contributed by atoms with Crippen LogP contribution in [-0.2, 0) is 6.54 Å². The number of thiazole rings is 1. The van der Waals surface area contributed by atoms with E-state index >= 15 is 0 Å². The number of hydrogen-bond acceptors (Lipinski definition) is 5. The van der Waals surface area contributed by atoms with Gasteiger partial charge in [0, 0.05) is 16.8 Å². The van der Waals surface area contributed by atoms with Gasteiger partial charge in [0.15, 0.2) is 5.65 Å². The summed E-state index contributed by atoms with van der Waals surface area (Å²) in [5.74, 6) is 0.636. The van der Waals surface area contributed by atoms with Crippen LogP contribution in [0, 0.1) is 13.8 Å². The Balaban J connectivity index is 1.81. The summed E-state index contributed by atoms with van der Waals surface area (Å²) in [6, 6.07) is 5.93. The summed E-state index contributed by atoms with van der Waals surface area (Å²) in [7, 11) is 0. The second kappa shape index (κ2) is 4.38. The van der Waals surface area contributed by atoms with Gasteiger partial charge in [-0.15, -0.1) is 16.4 Å². The molecular weight excluding hydrogens is 246 g/mol. The van der Waals surface area contributed by atoms with Crippen LogP contribution in [0.3, 0.4) is 0 Å². The van der Waals surface area contributed by atoms with Gasteiger partial charge in [-0.2, -0.15) is 4.98 Å². The number of hydrogen-bond donors (Lipinski definition) is 1. The van der Waals surface area contributed by atoms with Crippen molar-refractivity contribution in [3.05, 3.63) is 40.0 Å². The third kappa shape index (κ3) is 2.06. The Morgan fingerprint density at radius 2 is 2.22 bits per heavy atom. The molecule has 0 unspecified atom stereocenters. The lowest BCUT2D eigenvalue weighted by atomic mass is 10.4. The van der Waals surface area contributed by atoms with Crippen LogP contribution in [-0.4, -0.2) is 19.6 Å². The van der Waals surface area contributed by atoms with Crippen molar-refractivity contribution in [2.75, 3.05) is 5.32 Å². The van der Waals surface area contributed by atoms with Gasteiger partial charge in [0.2, 0.25) is 5.95 Å². The lowest BCUT2D eigenvalue weighted by Gasteiger charge is -1.96. The lowest BCUT2D eigenvalue weighted by molar-refractivity contribution is 0.908. The summed E-state index contributed by atoms with van der Waals surface area (Å²) >= 11 is 1.68. The zero-order valence-electron chi connectivity index (χ0n) is 10.2. The highest BCUT2D eigenvalue weighted by Crippen LogP contribution is 2.13. The van der Waals surface area contributed by atoms with Crippen LogP contribution in [0.1, 0.15) is 15.6 Å².